The third kappa shape index (κ3) is 5.01. The van der Waals surface area contributed by atoms with E-state index in [2.05, 4.69) is 32.6 Å². The molecule has 1 aliphatic rings. The van der Waals surface area contributed by atoms with Crippen molar-refractivity contribution in [2.24, 2.45) is 17.6 Å². The zero-order chi connectivity index (χ0) is 15.0. The van der Waals surface area contributed by atoms with Crippen LogP contribution in [0, 0.1) is 11.8 Å². The Morgan fingerprint density at radius 1 is 1.25 bits per heavy atom. The second kappa shape index (κ2) is 9.01. The minimum absolute atomic E-state index is 0.238. The molecule has 0 saturated heterocycles. The molecule has 1 aliphatic carbocycles. The number of hydrogen-bond donors (Lipinski definition) is 1. The maximum absolute atomic E-state index is 6.17. The Morgan fingerprint density at radius 2 is 1.90 bits per heavy atom. The first kappa shape index (κ1) is 17.9. The van der Waals surface area contributed by atoms with Crippen LogP contribution in [-0.2, 0) is 4.74 Å². The van der Waals surface area contributed by atoms with Crippen LogP contribution in [0.2, 0.25) is 0 Å². The fraction of sp³-hybridized carbons (Fsp3) is 1.00. The van der Waals surface area contributed by atoms with Crippen LogP contribution in [0.4, 0.5) is 0 Å². The van der Waals surface area contributed by atoms with E-state index in [1.54, 1.807) is 0 Å². The average molecular weight is 284 g/mol. The Bertz CT molecular complexity index is 247. The van der Waals surface area contributed by atoms with Gasteiger partial charge in [0.1, 0.15) is 0 Å². The van der Waals surface area contributed by atoms with Gasteiger partial charge in [0.05, 0.1) is 6.61 Å². The molecular weight excluding hydrogens is 248 g/mol. The van der Waals surface area contributed by atoms with Gasteiger partial charge in [0.2, 0.25) is 0 Å². The monoisotopic (exact) mass is 284 g/mol. The van der Waals surface area contributed by atoms with E-state index in [1.807, 2.05) is 0 Å². The summed E-state index contributed by atoms with van der Waals surface area (Å²) in [4.78, 5) is 2.58. The summed E-state index contributed by atoms with van der Waals surface area (Å²) in [7, 11) is 0. The van der Waals surface area contributed by atoms with Crippen molar-refractivity contribution in [3.63, 3.8) is 0 Å². The Hall–Kier alpha value is -0.120. The highest BCUT2D eigenvalue weighted by molar-refractivity contribution is 4.95. The third-order valence-electron chi connectivity index (χ3n) is 5.00. The minimum atomic E-state index is 0.238. The lowest BCUT2D eigenvalue weighted by atomic mass is 9.74. The number of nitrogens with zero attached hydrogens (tertiary/aromatic N) is 1. The van der Waals surface area contributed by atoms with Crippen molar-refractivity contribution in [2.75, 3.05) is 32.8 Å². The fourth-order valence-corrected chi connectivity index (χ4v) is 3.50. The normalized spacial score (nSPS) is 27.4. The molecule has 3 nitrogen and oxygen atoms in total. The zero-order valence-corrected chi connectivity index (χ0v) is 14.2. The molecule has 0 amide bonds. The summed E-state index contributed by atoms with van der Waals surface area (Å²) in [5, 5.41) is 0. The smallest absolute Gasteiger partial charge is 0.0593 e. The van der Waals surface area contributed by atoms with Gasteiger partial charge in [-0.15, -0.1) is 0 Å². The van der Waals surface area contributed by atoms with Gasteiger partial charge in [-0.1, -0.05) is 34.1 Å². The van der Waals surface area contributed by atoms with E-state index in [4.69, 9.17) is 10.5 Å². The van der Waals surface area contributed by atoms with Crippen LogP contribution in [0.3, 0.4) is 0 Å². The second-order valence-corrected chi connectivity index (χ2v) is 6.83. The van der Waals surface area contributed by atoms with Crippen LogP contribution in [-0.4, -0.2) is 43.3 Å². The largest absolute Gasteiger partial charge is 0.380 e. The van der Waals surface area contributed by atoms with E-state index in [0.717, 1.165) is 38.8 Å². The van der Waals surface area contributed by atoms with Crippen molar-refractivity contribution in [2.45, 2.75) is 65.3 Å². The lowest BCUT2D eigenvalue weighted by Crippen LogP contribution is -2.56. The van der Waals surface area contributed by atoms with Crippen molar-refractivity contribution in [3.05, 3.63) is 0 Å². The van der Waals surface area contributed by atoms with Gasteiger partial charge in [-0.25, -0.2) is 0 Å². The minimum Gasteiger partial charge on any atom is -0.380 e. The maximum atomic E-state index is 6.17. The van der Waals surface area contributed by atoms with Gasteiger partial charge in [0.25, 0.3) is 0 Å². The maximum Gasteiger partial charge on any atom is 0.0593 e. The average Bonchev–Trinajstić information content (AvgIpc) is 2.47. The Morgan fingerprint density at radius 3 is 2.35 bits per heavy atom. The molecule has 0 radical (unpaired) electrons. The zero-order valence-electron chi connectivity index (χ0n) is 14.2. The van der Waals surface area contributed by atoms with Gasteiger partial charge in [-0.2, -0.15) is 0 Å². The van der Waals surface area contributed by atoms with Crippen LogP contribution >= 0.6 is 0 Å². The van der Waals surface area contributed by atoms with Gasteiger partial charge in [0.15, 0.2) is 0 Å². The number of ether oxygens (including phenoxy) is 1. The molecule has 120 valence electrons. The molecule has 0 heterocycles. The summed E-state index contributed by atoms with van der Waals surface area (Å²) in [6, 6.07) is 0. The first-order valence-corrected chi connectivity index (χ1v) is 8.60. The standard InChI is InChI=1S/C17H36N2O/c1-5-16-7-9-17(14-18,10-8-16)19(6-2)11-12-20-13-15(3)4/h15-16H,5-14,18H2,1-4H3. The van der Waals surface area contributed by atoms with Crippen molar-refractivity contribution in [1.29, 1.82) is 0 Å². The molecular formula is C17H36N2O. The molecule has 0 aromatic heterocycles. The first-order chi connectivity index (χ1) is 9.57. The van der Waals surface area contributed by atoms with Gasteiger partial charge in [-0.3, -0.25) is 4.90 Å². The molecule has 0 aromatic rings. The summed E-state index contributed by atoms with van der Waals surface area (Å²) in [6.45, 7) is 13.6. The van der Waals surface area contributed by atoms with Crippen molar-refractivity contribution in [3.8, 4) is 0 Å². The molecule has 0 bridgehead atoms. The lowest BCUT2D eigenvalue weighted by molar-refractivity contribution is 0.0129. The van der Waals surface area contributed by atoms with E-state index in [-0.39, 0.29) is 5.54 Å². The first-order valence-electron chi connectivity index (χ1n) is 8.60. The summed E-state index contributed by atoms with van der Waals surface area (Å²) >= 11 is 0. The number of nitrogens with two attached hydrogens (primary N) is 1. The second-order valence-electron chi connectivity index (χ2n) is 6.83. The van der Waals surface area contributed by atoms with E-state index >= 15 is 0 Å². The molecule has 0 aliphatic heterocycles. The number of hydrogen-bond acceptors (Lipinski definition) is 3. The molecule has 20 heavy (non-hydrogen) atoms. The SMILES string of the molecule is CCC1CCC(CN)(N(CC)CCOCC(C)C)CC1. The molecule has 0 atom stereocenters. The van der Waals surface area contributed by atoms with Crippen molar-refractivity contribution in [1.82, 2.24) is 4.90 Å². The van der Waals surface area contributed by atoms with Gasteiger partial charge >= 0.3 is 0 Å². The molecule has 0 spiro atoms. The highest BCUT2D eigenvalue weighted by atomic mass is 16.5. The fourth-order valence-electron chi connectivity index (χ4n) is 3.50. The van der Waals surface area contributed by atoms with E-state index < -0.39 is 0 Å². The Kier molecular flexibility index (Phi) is 8.08. The molecule has 0 unspecified atom stereocenters. The summed E-state index contributed by atoms with van der Waals surface area (Å²) in [5.41, 5.74) is 6.41. The van der Waals surface area contributed by atoms with Crippen LogP contribution in [0.5, 0.6) is 0 Å². The van der Waals surface area contributed by atoms with Crippen molar-refractivity contribution < 1.29 is 4.74 Å². The molecule has 1 fully saturated rings. The predicted octanol–water partition coefficient (Wildman–Crippen LogP) is 3.28. The predicted molar refractivity (Wildman–Crippen MR) is 86.9 cm³/mol. The van der Waals surface area contributed by atoms with Crippen molar-refractivity contribution >= 4 is 0 Å². The Labute approximate surface area is 126 Å². The van der Waals surface area contributed by atoms with Crippen LogP contribution in [0.25, 0.3) is 0 Å². The summed E-state index contributed by atoms with van der Waals surface area (Å²) in [6.07, 6.45) is 6.54. The van der Waals surface area contributed by atoms with E-state index in [1.165, 1.54) is 32.1 Å². The van der Waals surface area contributed by atoms with E-state index in [9.17, 15) is 0 Å². The van der Waals surface area contributed by atoms with Gasteiger partial charge in [-0.05, 0) is 44.1 Å². The number of likely N-dealkylation sites (N-methyl/N-ethyl adjacent to an activating group) is 1. The highest BCUT2D eigenvalue weighted by Crippen LogP contribution is 2.37. The molecule has 0 aromatic carbocycles. The molecule has 1 saturated carbocycles. The number of rotatable bonds is 9. The quantitative estimate of drug-likeness (QED) is 0.660. The Balaban J connectivity index is 2.47. The van der Waals surface area contributed by atoms with Crippen LogP contribution in [0.1, 0.15) is 59.8 Å². The summed E-state index contributed by atoms with van der Waals surface area (Å²) in [5.74, 6) is 1.54. The van der Waals surface area contributed by atoms with Crippen LogP contribution < -0.4 is 5.73 Å². The summed E-state index contributed by atoms with van der Waals surface area (Å²) < 4.78 is 5.77. The molecule has 3 heteroatoms. The van der Waals surface area contributed by atoms with Crippen LogP contribution in [0.15, 0.2) is 0 Å². The molecule has 1 rings (SSSR count). The topological polar surface area (TPSA) is 38.5 Å². The lowest BCUT2D eigenvalue weighted by Gasteiger charge is -2.47. The molecule has 2 N–H and O–H groups in total. The van der Waals surface area contributed by atoms with Gasteiger partial charge in [0, 0.05) is 25.2 Å². The van der Waals surface area contributed by atoms with Gasteiger partial charge < -0.3 is 10.5 Å². The third-order valence-corrected chi connectivity index (χ3v) is 5.00. The highest BCUT2D eigenvalue weighted by Gasteiger charge is 2.37. The van der Waals surface area contributed by atoms with E-state index in [0.29, 0.717) is 5.92 Å².